The second-order valence-corrected chi connectivity index (χ2v) is 7.25. The molecule has 3 rings (SSSR count). The van der Waals surface area contributed by atoms with E-state index >= 15 is 0 Å². The van der Waals surface area contributed by atoms with E-state index in [1.165, 1.54) is 11.8 Å². The van der Waals surface area contributed by atoms with Crippen LogP contribution in [0.1, 0.15) is 28.6 Å². The Kier molecular flexibility index (Phi) is 7.74. The molecule has 1 N–H and O–H groups in total. The van der Waals surface area contributed by atoms with Crippen molar-refractivity contribution in [2.24, 2.45) is 0 Å². The fraction of sp³-hybridized carbons (Fsp3) is 0.300. The second-order valence-electron chi connectivity index (χ2n) is 6.25. The molecule has 6 nitrogen and oxygen atoms in total. The highest BCUT2D eigenvalue weighted by molar-refractivity contribution is 7.98. The Morgan fingerprint density at radius 3 is 2.71 bits per heavy atom. The second kappa shape index (κ2) is 9.82. The number of hydrogen-bond acceptors (Lipinski definition) is 7. The van der Waals surface area contributed by atoms with Gasteiger partial charge in [-0.1, -0.05) is 17.8 Å². The molecular weight excluding hydrogens is 400 g/mol. The number of carbonyl (C=O) groups excluding carboxylic acids is 1. The first-order valence-corrected chi connectivity index (χ1v) is 9.61. The molecule has 2 heterocycles. The van der Waals surface area contributed by atoms with Gasteiger partial charge in [0.05, 0.1) is 17.4 Å². The highest BCUT2D eigenvalue weighted by Gasteiger charge is 2.26. The van der Waals surface area contributed by atoms with Gasteiger partial charge >= 0.3 is 5.97 Å². The summed E-state index contributed by atoms with van der Waals surface area (Å²) in [5, 5.41) is 11.8. The van der Waals surface area contributed by atoms with Gasteiger partial charge < -0.3 is 19.2 Å². The van der Waals surface area contributed by atoms with Crippen LogP contribution < -0.4 is 0 Å². The molecule has 0 amide bonds. The van der Waals surface area contributed by atoms with Crippen molar-refractivity contribution in [1.82, 2.24) is 9.88 Å². The summed E-state index contributed by atoms with van der Waals surface area (Å²) in [4.78, 5) is 18.9. The standard InChI is InChI=1S/C20H22N2O4S.ClH/c1-4-25-20(24)19-16(12-27-17-7-5-6-10-21-17)26-15-9-8-14(23)13(18(15)19)11-22(2)3;/h5-10,23H,4,11-12H2,1-3H3;1H. The number of phenols is 1. The lowest BCUT2D eigenvalue weighted by Crippen LogP contribution is -2.12. The van der Waals surface area contributed by atoms with E-state index < -0.39 is 5.97 Å². The Morgan fingerprint density at radius 2 is 2.07 bits per heavy atom. The first-order chi connectivity index (χ1) is 13.0. The zero-order chi connectivity index (χ0) is 19.4. The lowest BCUT2D eigenvalue weighted by atomic mass is 10.0. The summed E-state index contributed by atoms with van der Waals surface area (Å²) in [5.74, 6) is 0.636. The summed E-state index contributed by atoms with van der Waals surface area (Å²) in [6.45, 7) is 2.50. The van der Waals surface area contributed by atoms with Gasteiger partial charge in [0, 0.05) is 23.7 Å². The average molecular weight is 423 g/mol. The van der Waals surface area contributed by atoms with E-state index in [9.17, 15) is 9.90 Å². The van der Waals surface area contributed by atoms with Crippen molar-refractivity contribution in [3.63, 3.8) is 0 Å². The Balaban J connectivity index is 0.00000280. The smallest absolute Gasteiger partial charge is 0.342 e. The number of ether oxygens (including phenoxy) is 1. The number of fused-ring (bicyclic) bond motifs is 1. The number of esters is 1. The third-order valence-electron chi connectivity index (χ3n) is 3.95. The van der Waals surface area contributed by atoms with Crippen molar-refractivity contribution in [2.45, 2.75) is 24.2 Å². The van der Waals surface area contributed by atoms with Crippen LogP contribution in [-0.2, 0) is 17.0 Å². The van der Waals surface area contributed by atoms with Crippen molar-refractivity contribution in [3.05, 3.63) is 53.4 Å². The van der Waals surface area contributed by atoms with Crippen molar-refractivity contribution in [3.8, 4) is 5.75 Å². The minimum Gasteiger partial charge on any atom is -0.508 e. The van der Waals surface area contributed by atoms with E-state index in [-0.39, 0.29) is 24.8 Å². The van der Waals surface area contributed by atoms with Gasteiger partial charge in [0.15, 0.2) is 0 Å². The fourth-order valence-corrected chi connectivity index (χ4v) is 3.66. The van der Waals surface area contributed by atoms with Gasteiger partial charge in [0.2, 0.25) is 0 Å². The molecule has 0 atom stereocenters. The number of halogens is 1. The van der Waals surface area contributed by atoms with E-state index in [4.69, 9.17) is 9.15 Å². The minimum atomic E-state index is -0.446. The summed E-state index contributed by atoms with van der Waals surface area (Å²) in [5.41, 5.74) is 1.59. The minimum absolute atomic E-state index is 0. The number of benzene rings is 1. The van der Waals surface area contributed by atoms with Crippen LogP contribution in [0.15, 0.2) is 46.0 Å². The molecular formula is C20H23ClN2O4S. The molecule has 0 aliphatic rings. The summed E-state index contributed by atoms with van der Waals surface area (Å²) >= 11 is 1.48. The number of carbonyl (C=O) groups is 1. The number of phenolic OH excluding ortho intramolecular Hbond substituents is 1. The average Bonchev–Trinajstić information content (AvgIpc) is 3.02. The lowest BCUT2D eigenvalue weighted by Gasteiger charge is -2.13. The molecule has 150 valence electrons. The van der Waals surface area contributed by atoms with Crippen LogP contribution in [0.5, 0.6) is 5.75 Å². The Hall–Kier alpha value is -2.22. The topological polar surface area (TPSA) is 75.8 Å². The molecule has 28 heavy (non-hydrogen) atoms. The molecule has 1 aromatic carbocycles. The van der Waals surface area contributed by atoms with Gasteiger partial charge in [0.25, 0.3) is 0 Å². The molecule has 0 saturated carbocycles. The van der Waals surface area contributed by atoms with E-state index in [1.807, 2.05) is 37.2 Å². The van der Waals surface area contributed by atoms with Crippen LogP contribution in [0.25, 0.3) is 11.0 Å². The van der Waals surface area contributed by atoms with Gasteiger partial charge in [-0.15, -0.1) is 12.4 Å². The highest BCUT2D eigenvalue weighted by atomic mass is 35.5. The third kappa shape index (κ3) is 4.79. The first kappa shape index (κ1) is 22.1. The molecule has 0 aliphatic heterocycles. The predicted octanol–water partition coefficient (Wildman–Crippen LogP) is 4.49. The number of nitrogens with zero attached hydrogens (tertiary/aromatic N) is 2. The SMILES string of the molecule is CCOC(=O)c1c(CSc2ccccn2)oc2ccc(O)c(CN(C)C)c12.Cl. The van der Waals surface area contributed by atoms with E-state index in [2.05, 4.69) is 4.98 Å². The van der Waals surface area contributed by atoms with Crippen LogP contribution in [-0.4, -0.2) is 41.7 Å². The number of hydrogen-bond donors (Lipinski definition) is 1. The van der Waals surface area contributed by atoms with Gasteiger partial charge in [-0.3, -0.25) is 0 Å². The predicted molar refractivity (Wildman–Crippen MR) is 112 cm³/mol. The lowest BCUT2D eigenvalue weighted by molar-refractivity contribution is 0.0526. The highest BCUT2D eigenvalue weighted by Crippen LogP contribution is 2.37. The maximum Gasteiger partial charge on any atom is 0.342 e. The number of aromatic hydroxyl groups is 1. The van der Waals surface area contributed by atoms with E-state index in [1.54, 1.807) is 25.3 Å². The van der Waals surface area contributed by atoms with Crippen molar-refractivity contribution in [1.29, 1.82) is 0 Å². The van der Waals surface area contributed by atoms with Gasteiger partial charge in [-0.05, 0) is 45.3 Å². The fourth-order valence-electron chi connectivity index (χ4n) is 2.87. The third-order valence-corrected chi connectivity index (χ3v) is 4.90. The number of rotatable bonds is 7. The zero-order valence-electron chi connectivity index (χ0n) is 16.0. The molecule has 0 bridgehead atoms. The number of pyridine rings is 1. The first-order valence-electron chi connectivity index (χ1n) is 8.63. The van der Waals surface area contributed by atoms with Crippen molar-refractivity contribution < 1.29 is 19.1 Å². The molecule has 0 saturated heterocycles. The summed E-state index contributed by atoms with van der Waals surface area (Å²) < 4.78 is 11.3. The van der Waals surface area contributed by atoms with Crippen molar-refractivity contribution >= 4 is 41.1 Å². The maximum atomic E-state index is 12.7. The number of furan rings is 1. The molecule has 0 spiro atoms. The molecule has 0 unspecified atom stereocenters. The summed E-state index contributed by atoms with van der Waals surface area (Å²) in [6.07, 6.45) is 1.72. The molecule has 0 fully saturated rings. The number of aromatic nitrogens is 1. The normalized spacial score (nSPS) is 10.9. The molecule has 3 aromatic rings. The van der Waals surface area contributed by atoms with Crippen LogP contribution in [0, 0.1) is 0 Å². The number of thioether (sulfide) groups is 1. The molecule has 0 aliphatic carbocycles. The molecule has 2 aromatic heterocycles. The van der Waals surface area contributed by atoms with Crippen LogP contribution in [0.3, 0.4) is 0 Å². The maximum absolute atomic E-state index is 12.7. The van der Waals surface area contributed by atoms with Crippen molar-refractivity contribution in [2.75, 3.05) is 20.7 Å². The van der Waals surface area contributed by atoms with Crippen LogP contribution in [0.4, 0.5) is 0 Å². The van der Waals surface area contributed by atoms with Gasteiger partial charge in [0.1, 0.15) is 22.7 Å². The Morgan fingerprint density at radius 1 is 1.29 bits per heavy atom. The molecule has 8 heteroatoms. The zero-order valence-corrected chi connectivity index (χ0v) is 17.6. The monoisotopic (exact) mass is 422 g/mol. The summed E-state index contributed by atoms with van der Waals surface area (Å²) in [6, 6.07) is 8.94. The van der Waals surface area contributed by atoms with Crippen LogP contribution in [0.2, 0.25) is 0 Å². The quantitative estimate of drug-likeness (QED) is 0.444. The van der Waals surface area contributed by atoms with E-state index in [0.717, 1.165) is 5.03 Å². The Bertz CT molecular complexity index is 944. The van der Waals surface area contributed by atoms with Gasteiger partial charge in [-0.25, -0.2) is 9.78 Å². The molecule has 0 radical (unpaired) electrons. The Labute approximate surface area is 174 Å². The van der Waals surface area contributed by atoms with Crippen LogP contribution >= 0.6 is 24.2 Å². The van der Waals surface area contributed by atoms with E-state index in [0.29, 0.717) is 40.2 Å². The van der Waals surface area contributed by atoms with Gasteiger partial charge in [-0.2, -0.15) is 0 Å². The summed E-state index contributed by atoms with van der Waals surface area (Å²) in [7, 11) is 3.81. The largest absolute Gasteiger partial charge is 0.508 e.